The summed E-state index contributed by atoms with van der Waals surface area (Å²) in [5, 5.41) is 13.8. The number of carbonyl (C=O) groups is 3. The van der Waals surface area contributed by atoms with Crippen LogP contribution in [0.1, 0.15) is 23.3 Å². The molecular formula is C26H26BrF4N5O4. The van der Waals surface area contributed by atoms with Gasteiger partial charge in [-0.1, -0.05) is 15.9 Å². The molecule has 0 bridgehead atoms. The summed E-state index contributed by atoms with van der Waals surface area (Å²) in [5.41, 5.74) is 1.66. The number of amides is 2. The predicted molar refractivity (Wildman–Crippen MR) is 142 cm³/mol. The number of piperidine rings is 1. The number of hydrogen-bond donors (Lipinski definition) is 4. The average molecular weight is 628 g/mol. The Morgan fingerprint density at radius 1 is 1.07 bits per heavy atom. The van der Waals surface area contributed by atoms with Crippen LogP contribution in [0.2, 0.25) is 0 Å². The van der Waals surface area contributed by atoms with Gasteiger partial charge in [0, 0.05) is 47.2 Å². The molecule has 2 fully saturated rings. The van der Waals surface area contributed by atoms with E-state index in [-0.39, 0.29) is 17.6 Å². The third kappa shape index (κ3) is 6.55. The molecule has 2 aromatic carbocycles. The Morgan fingerprint density at radius 3 is 2.35 bits per heavy atom. The monoisotopic (exact) mass is 627 g/mol. The lowest BCUT2D eigenvalue weighted by atomic mass is 9.85. The van der Waals surface area contributed by atoms with E-state index < -0.39 is 17.7 Å². The summed E-state index contributed by atoms with van der Waals surface area (Å²) in [7, 11) is 0. The maximum atomic E-state index is 13.4. The summed E-state index contributed by atoms with van der Waals surface area (Å²) in [4.78, 5) is 41.7. The Balaban J connectivity index is 0.000000470. The number of aromatic amines is 1. The van der Waals surface area contributed by atoms with Gasteiger partial charge in [0.1, 0.15) is 17.1 Å². The number of nitrogens with zero attached hydrogens (tertiary/aromatic N) is 2. The summed E-state index contributed by atoms with van der Waals surface area (Å²) >= 11 is 3.47. The summed E-state index contributed by atoms with van der Waals surface area (Å²) in [6.45, 7) is 3.28. The number of anilines is 1. The van der Waals surface area contributed by atoms with E-state index in [1.54, 1.807) is 12.1 Å². The molecule has 2 saturated heterocycles. The van der Waals surface area contributed by atoms with Crippen LogP contribution in [0.3, 0.4) is 0 Å². The van der Waals surface area contributed by atoms with Gasteiger partial charge in [-0.3, -0.25) is 9.59 Å². The first-order valence-electron chi connectivity index (χ1n) is 12.3. The number of benzene rings is 2. The number of carboxylic acids is 1. The molecule has 0 saturated carbocycles. The molecule has 1 aromatic heterocycles. The van der Waals surface area contributed by atoms with Crippen LogP contribution in [0.4, 0.5) is 23.2 Å². The van der Waals surface area contributed by atoms with Crippen LogP contribution in [-0.2, 0) is 9.59 Å². The fourth-order valence-corrected chi connectivity index (χ4v) is 5.11. The van der Waals surface area contributed by atoms with Gasteiger partial charge in [-0.05, 0) is 61.4 Å². The number of fused-ring (bicyclic) bond motifs is 1. The quantitative estimate of drug-likeness (QED) is 0.319. The minimum atomic E-state index is -5.08. The number of carboxylic acid groups (broad SMARTS) is 1. The van der Waals surface area contributed by atoms with E-state index in [0.717, 1.165) is 41.6 Å². The van der Waals surface area contributed by atoms with Crippen molar-refractivity contribution in [2.45, 2.75) is 24.6 Å². The Hall–Kier alpha value is -3.65. The molecule has 3 heterocycles. The maximum absolute atomic E-state index is 13.4. The minimum absolute atomic E-state index is 0.0913. The molecule has 1 spiro atoms. The second-order valence-corrected chi connectivity index (χ2v) is 10.3. The van der Waals surface area contributed by atoms with E-state index in [9.17, 15) is 27.2 Å². The highest BCUT2D eigenvalue weighted by atomic mass is 79.9. The van der Waals surface area contributed by atoms with Crippen molar-refractivity contribution in [3.63, 3.8) is 0 Å². The summed E-state index contributed by atoms with van der Waals surface area (Å²) in [5.74, 6) is -3.20. The van der Waals surface area contributed by atoms with Crippen molar-refractivity contribution in [2.75, 3.05) is 37.7 Å². The molecular weight excluding hydrogens is 602 g/mol. The van der Waals surface area contributed by atoms with E-state index in [2.05, 4.69) is 41.3 Å². The SMILES string of the molecule is O=C(NCCN1CCC2(CC1)C(=O)NCN2c1ccc(Br)cc1)c1cc2cc(F)ccc2[nH]1.O=C(O)C(F)(F)F. The molecule has 2 amide bonds. The van der Waals surface area contributed by atoms with Gasteiger partial charge >= 0.3 is 12.1 Å². The molecule has 4 N–H and O–H groups in total. The van der Waals surface area contributed by atoms with E-state index in [0.29, 0.717) is 30.8 Å². The predicted octanol–water partition coefficient (Wildman–Crippen LogP) is 3.86. The topological polar surface area (TPSA) is 118 Å². The second-order valence-electron chi connectivity index (χ2n) is 9.42. The fourth-order valence-electron chi connectivity index (χ4n) is 4.84. The van der Waals surface area contributed by atoms with Crippen LogP contribution >= 0.6 is 15.9 Å². The van der Waals surface area contributed by atoms with E-state index in [4.69, 9.17) is 9.90 Å². The number of nitrogens with one attached hydrogen (secondary N) is 3. The van der Waals surface area contributed by atoms with Gasteiger partial charge in [0.15, 0.2) is 0 Å². The molecule has 5 rings (SSSR count). The van der Waals surface area contributed by atoms with Gasteiger partial charge in [0.2, 0.25) is 5.91 Å². The van der Waals surface area contributed by atoms with Crippen molar-refractivity contribution < 1.29 is 37.1 Å². The lowest BCUT2D eigenvalue weighted by molar-refractivity contribution is -0.192. The molecule has 0 atom stereocenters. The molecule has 9 nitrogen and oxygen atoms in total. The van der Waals surface area contributed by atoms with Gasteiger partial charge in [0.05, 0.1) is 6.67 Å². The molecule has 2 aliphatic rings. The average Bonchev–Trinajstić information content (AvgIpc) is 3.46. The highest BCUT2D eigenvalue weighted by molar-refractivity contribution is 9.10. The molecule has 3 aromatic rings. The summed E-state index contributed by atoms with van der Waals surface area (Å²) < 4.78 is 46.1. The van der Waals surface area contributed by atoms with Crippen LogP contribution in [0.5, 0.6) is 0 Å². The van der Waals surface area contributed by atoms with Crippen molar-refractivity contribution in [1.82, 2.24) is 20.5 Å². The van der Waals surface area contributed by atoms with Crippen molar-refractivity contribution in [3.05, 3.63) is 64.5 Å². The van der Waals surface area contributed by atoms with E-state index in [1.165, 1.54) is 12.1 Å². The van der Waals surface area contributed by atoms with Gasteiger partial charge in [-0.2, -0.15) is 13.2 Å². The summed E-state index contributed by atoms with van der Waals surface area (Å²) in [6, 6.07) is 14.1. The van der Waals surface area contributed by atoms with Gasteiger partial charge in [-0.15, -0.1) is 0 Å². The zero-order chi connectivity index (χ0) is 29.1. The van der Waals surface area contributed by atoms with Crippen LogP contribution in [0, 0.1) is 5.82 Å². The Morgan fingerprint density at radius 2 is 1.73 bits per heavy atom. The maximum Gasteiger partial charge on any atom is 0.490 e. The lowest BCUT2D eigenvalue weighted by Gasteiger charge is -2.43. The third-order valence-electron chi connectivity index (χ3n) is 6.94. The van der Waals surface area contributed by atoms with Gasteiger partial charge in [0.25, 0.3) is 5.91 Å². The van der Waals surface area contributed by atoms with E-state index >= 15 is 0 Å². The summed E-state index contributed by atoms with van der Waals surface area (Å²) in [6.07, 6.45) is -3.62. The molecule has 214 valence electrons. The first kappa shape index (κ1) is 29.3. The third-order valence-corrected chi connectivity index (χ3v) is 7.47. The molecule has 2 aliphatic heterocycles. The molecule has 40 heavy (non-hydrogen) atoms. The number of rotatable bonds is 5. The van der Waals surface area contributed by atoms with Gasteiger partial charge < -0.3 is 30.5 Å². The number of aromatic nitrogens is 1. The lowest BCUT2D eigenvalue weighted by Crippen LogP contribution is -2.57. The number of hydrogen-bond acceptors (Lipinski definition) is 5. The Labute approximate surface area is 234 Å². The smallest absolute Gasteiger partial charge is 0.475 e. The molecule has 0 radical (unpaired) electrons. The standard InChI is InChI=1S/C24H25BrFN5O2.C2HF3O2/c25-17-1-4-19(5-2-17)31-15-28-23(33)24(31)7-10-30(11-8-24)12-9-27-22(32)21-14-16-13-18(26)3-6-20(16)29-21;3-2(4,5)1(6)7/h1-6,13-14,29H,7-12,15H2,(H,27,32)(H,28,33);(H,6,7). The number of likely N-dealkylation sites (tertiary alicyclic amines) is 1. The number of alkyl halides is 3. The highest BCUT2D eigenvalue weighted by Gasteiger charge is 2.50. The number of H-pyrrole nitrogens is 1. The van der Waals surface area contributed by atoms with Crippen molar-refractivity contribution >= 4 is 50.3 Å². The van der Waals surface area contributed by atoms with Crippen LogP contribution < -0.4 is 15.5 Å². The van der Waals surface area contributed by atoms with E-state index in [1.807, 2.05) is 24.3 Å². The van der Waals surface area contributed by atoms with Crippen LogP contribution in [0.15, 0.2) is 53.0 Å². The Kier molecular flexibility index (Phi) is 8.68. The zero-order valence-corrected chi connectivity index (χ0v) is 22.6. The number of carbonyl (C=O) groups excluding carboxylic acids is 2. The van der Waals surface area contributed by atoms with Crippen LogP contribution in [0.25, 0.3) is 10.9 Å². The molecule has 0 aliphatic carbocycles. The Bertz CT molecular complexity index is 1390. The first-order valence-corrected chi connectivity index (χ1v) is 13.1. The minimum Gasteiger partial charge on any atom is -0.475 e. The number of aliphatic carboxylic acids is 1. The number of halogens is 5. The fraction of sp³-hybridized carbons (Fsp3) is 0.346. The second kappa shape index (κ2) is 11.8. The molecule has 0 unspecified atom stereocenters. The van der Waals surface area contributed by atoms with Crippen molar-refractivity contribution in [3.8, 4) is 0 Å². The molecule has 14 heteroatoms. The normalized spacial score (nSPS) is 16.9. The van der Waals surface area contributed by atoms with Gasteiger partial charge in [-0.25, -0.2) is 9.18 Å². The highest BCUT2D eigenvalue weighted by Crippen LogP contribution is 2.36. The van der Waals surface area contributed by atoms with Crippen molar-refractivity contribution in [2.24, 2.45) is 0 Å². The first-order chi connectivity index (χ1) is 18.9. The van der Waals surface area contributed by atoms with Crippen molar-refractivity contribution in [1.29, 1.82) is 0 Å². The van der Waals surface area contributed by atoms with Crippen LogP contribution in [-0.4, -0.2) is 77.3 Å². The largest absolute Gasteiger partial charge is 0.490 e. The zero-order valence-electron chi connectivity index (χ0n) is 21.0.